The Bertz CT molecular complexity index is 490. The smallest absolute Gasteiger partial charge is 0.241 e. The van der Waals surface area contributed by atoms with Gasteiger partial charge in [-0.05, 0) is 46.2 Å². The third-order valence-electron chi connectivity index (χ3n) is 3.94. The second kappa shape index (κ2) is 8.11. The van der Waals surface area contributed by atoms with Gasteiger partial charge in [-0.2, -0.15) is 4.39 Å². The average molecular weight is 335 g/mol. The molecule has 1 fully saturated rings. The third-order valence-corrected chi connectivity index (χ3v) is 4.94. The largest absolute Gasteiger partial charge is 0.323 e. The Morgan fingerprint density at radius 1 is 1.43 bits per heavy atom. The van der Waals surface area contributed by atoms with E-state index in [2.05, 4.69) is 17.1 Å². The molecule has 1 atom stereocenters. The number of anilines is 1. The summed E-state index contributed by atoms with van der Waals surface area (Å²) in [6.07, 6.45) is 4.20. The van der Waals surface area contributed by atoms with E-state index >= 15 is 0 Å². The van der Waals surface area contributed by atoms with Crippen molar-refractivity contribution < 1.29 is 9.18 Å². The van der Waals surface area contributed by atoms with Crippen molar-refractivity contribution in [1.29, 1.82) is 0 Å². The Balaban J connectivity index is 0.00000220. The van der Waals surface area contributed by atoms with Gasteiger partial charge in [0.2, 0.25) is 5.91 Å². The maximum Gasteiger partial charge on any atom is 0.241 e. The van der Waals surface area contributed by atoms with Crippen LogP contribution in [0.25, 0.3) is 0 Å². The minimum atomic E-state index is -0.202. The van der Waals surface area contributed by atoms with E-state index in [1.807, 2.05) is 6.92 Å². The van der Waals surface area contributed by atoms with Gasteiger partial charge in [-0.15, -0.1) is 23.7 Å². The zero-order valence-corrected chi connectivity index (χ0v) is 14.5. The first kappa shape index (κ1) is 18.4. The van der Waals surface area contributed by atoms with E-state index in [4.69, 9.17) is 0 Å². The summed E-state index contributed by atoms with van der Waals surface area (Å²) in [4.78, 5) is 15.6. The fourth-order valence-corrected chi connectivity index (χ4v) is 3.69. The summed E-state index contributed by atoms with van der Waals surface area (Å²) in [6, 6.07) is -0.0644. The van der Waals surface area contributed by atoms with Crippen molar-refractivity contribution >= 4 is 35.3 Å². The number of carbonyl (C=O) groups is 1. The highest BCUT2D eigenvalue weighted by Gasteiger charge is 2.29. The molecule has 1 aromatic heterocycles. The molecule has 0 radical (unpaired) electrons. The van der Waals surface area contributed by atoms with Crippen molar-refractivity contribution in [1.82, 2.24) is 4.90 Å². The van der Waals surface area contributed by atoms with Crippen molar-refractivity contribution in [2.45, 2.75) is 52.5 Å². The summed E-state index contributed by atoms with van der Waals surface area (Å²) in [5.41, 5.74) is 1.22. The lowest BCUT2D eigenvalue weighted by molar-refractivity contribution is -0.122. The average Bonchev–Trinajstić information content (AvgIpc) is 2.66. The molecule has 1 N–H and O–H groups in total. The van der Waals surface area contributed by atoms with Crippen LogP contribution in [0.1, 0.15) is 43.0 Å². The molecule has 2 rings (SSSR count). The predicted octanol–water partition coefficient (Wildman–Crippen LogP) is 4.13. The first-order valence-corrected chi connectivity index (χ1v) is 8.16. The van der Waals surface area contributed by atoms with Crippen molar-refractivity contribution in [2.24, 2.45) is 0 Å². The molecule has 6 heteroatoms. The van der Waals surface area contributed by atoms with E-state index in [1.165, 1.54) is 0 Å². The maximum absolute atomic E-state index is 13.5. The highest BCUT2D eigenvalue weighted by Crippen LogP contribution is 2.31. The Morgan fingerprint density at radius 2 is 2.14 bits per heavy atom. The molecule has 1 unspecified atom stereocenters. The van der Waals surface area contributed by atoms with E-state index in [1.54, 1.807) is 6.92 Å². The molecule has 0 spiro atoms. The molecule has 0 saturated carbocycles. The fraction of sp³-hybridized carbons (Fsp3) is 0.667. The van der Waals surface area contributed by atoms with Gasteiger partial charge in [0.25, 0.3) is 0 Å². The van der Waals surface area contributed by atoms with Crippen molar-refractivity contribution in [3.8, 4) is 0 Å². The molecule has 0 aliphatic carbocycles. The number of amides is 1. The molecular weight excluding hydrogens is 311 g/mol. The summed E-state index contributed by atoms with van der Waals surface area (Å²) in [7, 11) is 0. The van der Waals surface area contributed by atoms with Crippen LogP contribution in [0.15, 0.2) is 0 Å². The van der Waals surface area contributed by atoms with Crippen molar-refractivity contribution in [2.75, 3.05) is 18.4 Å². The molecule has 120 valence electrons. The first-order chi connectivity index (χ1) is 9.54. The standard InChI is InChI=1S/C15H23FN2OS.ClH/c1-4-8-18-9-6-5-7-12(18)15(19)17-13-10(2)14(16)20-11(13)3;/h12H,4-9H2,1-3H3,(H,17,19);1H. The van der Waals surface area contributed by atoms with Crippen LogP contribution in [0.2, 0.25) is 0 Å². The van der Waals surface area contributed by atoms with E-state index in [9.17, 15) is 9.18 Å². The number of likely N-dealkylation sites (tertiary alicyclic amines) is 1. The van der Waals surface area contributed by atoms with Crippen LogP contribution in [-0.2, 0) is 4.79 Å². The highest BCUT2D eigenvalue weighted by molar-refractivity contribution is 7.11. The third kappa shape index (κ3) is 4.18. The Labute approximate surface area is 136 Å². The minimum Gasteiger partial charge on any atom is -0.323 e. The van der Waals surface area contributed by atoms with Crippen LogP contribution in [0.3, 0.4) is 0 Å². The molecular formula is C15H24ClFN2OS. The van der Waals surface area contributed by atoms with E-state index < -0.39 is 0 Å². The summed E-state index contributed by atoms with van der Waals surface area (Å²) >= 11 is 1.10. The van der Waals surface area contributed by atoms with Gasteiger partial charge in [0.05, 0.1) is 11.7 Å². The van der Waals surface area contributed by atoms with Gasteiger partial charge in [-0.25, -0.2) is 0 Å². The Morgan fingerprint density at radius 3 is 2.71 bits per heavy atom. The summed E-state index contributed by atoms with van der Waals surface area (Å²) < 4.78 is 13.5. The lowest BCUT2D eigenvalue weighted by Crippen LogP contribution is -2.47. The lowest BCUT2D eigenvalue weighted by atomic mass is 10.0. The van der Waals surface area contributed by atoms with Crippen LogP contribution >= 0.6 is 23.7 Å². The normalized spacial score (nSPS) is 19.1. The molecule has 3 nitrogen and oxygen atoms in total. The van der Waals surface area contributed by atoms with E-state index in [-0.39, 0.29) is 29.5 Å². The number of hydrogen-bond donors (Lipinski definition) is 1. The Kier molecular flexibility index (Phi) is 7.10. The summed E-state index contributed by atoms with van der Waals surface area (Å²) in [5.74, 6) is 0.0159. The topological polar surface area (TPSA) is 32.3 Å². The molecule has 1 amide bonds. The van der Waals surface area contributed by atoms with Gasteiger partial charge in [-0.1, -0.05) is 13.3 Å². The van der Waals surface area contributed by atoms with Crippen molar-refractivity contribution in [3.05, 3.63) is 15.6 Å². The molecule has 1 aliphatic heterocycles. The molecule has 0 aromatic carbocycles. The number of hydrogen-bond acceptors (Lipinski definition) is 3. The van der Waals surface area contributed by atoms with Crippen LogP contribution in [0, 0.1) is 19.0 Å². The molecule has 1 aliphatic rings. The zero-order chi connectivity index (χ0) is 14.7. The van der Waals surface area contributed by atoms with Crippen molar-refractivity contribution in [3.63, 3.8) is 0 Å². The molecule has 1 saturated heterocycles. The van der Waals surface area contributed by atoms with Gasteiger partial charge in [-0.3, -0.25) is 9.69 Å². The van der Waals surface area contributed by atoms with Crippen LogP contribution in [0.4, 0.5) is 10.1 Å². The lowest BCUT2D eigenvalue weighted by Gasteiger charge is -2.34. The van der Waals surface area contributed by atoms with Gasteiger partial charge in [0, 0.05) is 10.4 Å². The second-order valence-corrected chi connectivity index (χ2v) is 6.64. The first-order valence-electron chi connectivity index (χ1n) is 7.35. The fourth-order valence-electron chi connectivity index (χ4n) is 2.86. The van der Waals surface area contributed by atoms with E-state index in [0.717, 1.165) is 55.0 Å². The molecule has 21 heavy (non-hydrogen) atoms. The van der Waals surface area contributed by atoms with Gasteiger partial charge in [0.15, 0.2) is 5.13 Å². The number of piperidine rings is 1. The predicted molar refractivity (Wildman–Crippen MR) is 89.1 cm³/mol. The quantitative estimate of drug-likeness (QED) is 0.898. The van der Waals surface area contributed by atoms with Gasteiger partial charge in [0.1, 0.15) is 0 Å². The zero-order valence-electron chi connectivity index (χ0n) is 12.9. The van der Waals surface area contributed by atoms with Gasteiger partial charge < -0.3 is 5.32 Å². The number of nitrogens with zero attached hydrogens (tertiary/aromatic N) is 1. The van der Waals surface area contributed by atoms with E-state index in [0.29, 0.717) is 11.3 Å². The van der Waals surface area contributed by atoms with Crippen LogP contribution in [0.5, 0.6) is 0 Å². The monoisotopic (exact) mass is 334 g/mol. The Hall–Kier alpha value is -0.650. The number of aryl methyl sites for hydroxylation is 1. The van der Waals surface area contributed by atoms with Crippen LogP contribution < -0.4 is 5.32 Å². The van der Waals surface area contributed by atoms with Crippen LogP contribution in [-0.4, -0.2) is 29.9 Å². The molecule has 1 aromatic rings. The minimum absolute atomic E-state index is 0. The number of halogens is 2. The number of rotatable bonds is 4. The number of nitrogens with one attached hydrogen (secondary N) is 1. The number of carbonyl (C=O) groups excluding carboxylic acids is 1. The molecule has 0 bridgehead atoms. The SMILES string of the molecule is CCCN1CCCCC1C(=O)Nc1c(C)sc(F)c1C.Cl. The maximum atomic E-state index is 13.5. The summed E-state index contributed by atoms with van der Waals surface area (Å²) in [6.45, 7) is 7.64. The summed E-state index contributed by atoms with van der Waals surface area (Å²) in [5, 5.41) is 2.75. The second-order valence-electron chi connectivity index (χ2n) is 5.47. The van der Waals surface area contributed by atoms with Gasteiger partial charge >= 0.3 is 0 Å². The molecule has 2 heterocycles. The number of thiophene rings is 1. The highest BCUT2D eigenvalue weighted by atomic mass is 35.5.